The minimum atomic E-state index is -0.706. The Kier molecular flexibility index (Phi) is 8.32. The number of hydrogen-bond donors (Lipinski definition) is 1. The molecule has 2 aromatic rings. The van der Waals surface area contributed by atoms with E-state index in [0.717, 1.165) is 35.7 Å². The molecule has 1 aliphatic carbocycles. The summed E-state index contributed by atoms with van der Waals surface area (Å²) in [6.45, 7) is 1.58. The minimum absolute atomic E-state index is 0.149. The molecule has 1 saturated carbocycles. The molecule has 0 aromatic heterocycles. The lowest BCUT2D eigenvalue weighted by molar-refractivity contribution is -0.142. The molecular formula is C23H25BrClFN2O3. The molecule has 8 heteroatoms. The summed E-state index contributed by atoms with van der Waals surface area (Å²) in [5.41, 5.74) is 0.719. The quantitative estimate of drug-likeness (QED) is 0.537. The van der Waals surface area contributed by atoms with Gasteiger partial charge in [-0.05, 0) is 55.7 Å². The molecule has 1 aliphatic rings. The van der Waals surface area contributed by atoms with Gasteiger partial charge in [-0.15, -0.1) is 0 Å². The molecule has 1 fully saturated rings. The first-order chi connectivity index (χ1) is 14.8. The number of carbonyl (C=O) groups is 2. The van der Waals surface area contributed by atoms with Crippen molar-refractivity contribution in [3.8, 4) is 5.75 Å². The lowest BCUT2D eigenvalue weighted by atomic mass is 10.1. The molecule has 0 bridgehead atoms. The number of nitrogens with one attached hydrogen (secondary N) is 1. The van der Waals surface area contributed by atoms with Gasteiger partial charge in [0.15, 0.2) is 6.61 Å². The molecule has 0 spiro atoms. The fraction of sp³-hybridized carbons (Fsp3) is 0.391. The van der Waals surface area contributed by atoms with Gasteiger partial charge in [0.1, 0.15) is 17.6 Å². The first-order valence-electron chi connectivity index (χ1n) is 10.3. The van der Waals surface area contributed by atoms with Crippen molar-refractivity contribution >= 4 is 39.3 Å². The number of ether oxygens (including phenoxy) is 1. The van der Waals surface area contributed by atoms with Crippen LogP contribution in [0.25, 0.3) is 0 Å². The van der Waals surface area contributed by atoms with Crippen molar-refractivity contribution in [2.24, 2.45) is 0 Å². The van der Waals surface area contributed by atoms with Crippen LogP contribution in [0.4, 0.5) is 4.39 Å². The smallest absolute Gasteiger partial charge is 0.261 e. The summed E-state index contributed by atoms with van der Waals surface area (Å²) in [5.74, 6) is -0.550. The van der Waals surface area contributed by atoms with E-state index in [4.69, 9.17) is 16.3 Å². The number of hydrogen-bond acceptors (Lipinski definition) is 3. The number of rotatable bonds is 8. The van der Waals surface area contributed by atoms with Crippen molar-refractivity contribution < 1.29 is 18.7 Å². The molecule has 1 N–H and O–H groups in total. The van der Waals surface area contributed by atoms with E-state index in [1.165, 1.54) is 17.0 Å². The first kappa shape index (κ1) is 23.5. The van der Waals surface area contributed by atoms with Crippen LogP contribution in [0.2, 0.25) is 5.02 Å². The van der Waals surface area contributed by atoms with Crippen molar-refractivity contribution in [1.82, 2.24) is 10.2 Å². The monoisotopic (exact) mass is 510 g/mol. The van der Waals surface area contributed by atoms with Gasteiger partial charge in [0.05, 0.1) is 5.02 Å². The normalized spacial score (nSPS) is 14.8. The molecule has 0 radical (unpaired) electrons. The molecule has 2 aromatic carbocycles. The predicted molar refractivity (Wildman–Crippen MR) is 121 cm³/mol. The lowest BCUT2D eigenvalue weighted by Crippen LogP contribution is -2.50. The zero-order chi connectivity index (χ0) is 22.4. The summed E-state index contributed by atoms with van der Waals surface area (Å²) in [5, 5.41) is 3.41. The first-order valence-corrected chi connectivity index (χ1v) is 11.4. The molecule has 166 valence electrons. The van der Waals surface area contributed by atoms with Gasteiger partial charge < -0.3 is 15.0 Å². The number of benzene rings is 2. The van der Waals surface area contributed by atoms with Gasteiger partial charge in [0.2, 0.25) is 5.91 Å². The third-order valence-electron chi connectivity index (χ3n) is 5.38. The molecule has 0 heterocycles. The molecular weight excluding hydrogens is 487 g/mol. The lowest BCUT2D eigenvalue weighted by Gasteiger charge is -2.29. The van der Waals surface area contributed by atoms with E-state index in [-0.39, 0.29) is 36.8 Å². The maximum Gasteiger partial charge on any atom is 0.261 e. The highest BCUT2D eigenvalue weighted by Gasteiger charge is 2.28. The van der Waals surface area contributed by atoms with Crippen LogP contribution in [-0.4, -0.2) is 35.4 Å². The van der Waals surface area contributed by atoms with Crippen LogP contribution in [0.1, 0.15) is 38.2 Å². The van der Waals surface area contributed by atoms with Crippen molar-refractivity contribution in [1.29, 1.82) is 0 Å². The Labute approximate surface area is 195 Å². The maximum atomic E-state index is 13.3. The number of amides is 2. The molecule has 1 atom stereocenters. The van der Waals surface area contributed by atoms with Gasteiger partial charge in [-0.3, -0.25) is 9.59 Å². The third-order valence-corrected chi connectivity index (χ3v) is 6.17. The highest BCUT2D eigenvalue weighted by atomic mass is 79.9. The van der Waals surface area contributed by atoms with Crippen molar-refractivity contribution in [3.63, 3.8) is 0 Å². The third kappa shape index (κ3) is 6.68. The molecule has 3 rings (SSSR count). The Morgan fingerprint density at radius 1 is 1.23 bits per heavy atom. The minimum Gasteiger partial charge on any atom is -0.482 e. The van der Waals surface area contributed by atoms with E-state index in [1.807, 2.05) is 0 Å². The van der Waals surface area contributed by atoms with Gasteiger partial charge in [-0.2, -0.15) is 0 Å². The Balaban J connectivity index is 1.72. The topological polar surface area (TPSA) is 58.6 Å². The van der Waals surface area contributed by atoms with E-state index in [1.54, 1.807) is 37.3 Å². The maximum absolute atomic E-state index is 13.3. The summed E-state index contributed by atoms with van der Waals surface area (Å²) >= 11 is 9.49. The van der Waals surface area contributed by atoms with E-state index in [9.17, 15) is 14.0 Å². The molecule has 2 amide bonds. The summed E-state index contributed by atoms with van der Waals surface area (Å²) < 4.78 is 19.7. The summed E-state index contributed by atoms with van der Waals surface area (Å²) in [7, 11) is 0. The standard InChI is InChI=1S/C23H25BrClFN2O3/c1-15(23(30)27-19-4-2-3-5-19)28(13-16-6-9-18(26)10-7-16)22(29)14-31-21-11-8-17(24)12-20(21)25/h6-12,15,19H,2-5,13-14H2,1H3,(H,27,30)/t15-/m1/s1. The van der Waals surface area contributed by atoms with E-state index in [0.29, 0.717) is 10.8 Å². The number of nitrogens with zero attached hydrogens (tertiary/aromatic N) is 1. The molecule has 0 unspecified atom stereocenters. The predicted octanol–water partition coefficient (Wildman–Crippen LogP) is 5.10. The molecule has 0 aliphatic heterocycles. The van der Waals surface area contributed by atoms with Gasteiger partial charge in [-0.25, -0.2) is 4.39 Å². The van der Waals surface area contributed by atoms with Gasteiger partial charge in [-0.1, -0.05) is 52.5 Å². The highest BCUT2D eigenvalue weighted by Crippen LogP contribution is 2.28. The van der Waals surface area contributed by atoms with E-state index >= 15 is 0 Å². The average Bonchev–Trinajstić information content (AvgIpc) is 3.25. The van der Waals surface area contributed by atoms with Crippen molar-refractivity contribution in [2.75, 3.05) is 6.61 Å². The fourth-order valence-corrected chi connectivity index (χ4v) is 4.30. The van der Waals surface area contributed by atoms with E-state index < -0.39 is 6.04 Å². The zero-order valence-corrected chi connectivity index (χ0v) is 19.6. The Morgan fingerprint density at radius 3 is 2.55 bits per heavy atom. The number of halogens is 3. The molecule has 31 heavy (non-hydrogen) atoms. The zero-order valence-electron chi connectivity index (χ0n) is 17.2. The fourth-order valence-electron chi connectivity index (χ4n) is 3.58. The van der Waals surface area contributed by atoms with Crippen LogP contribution in [0.3, 0.4) is 0 Å². The largest absolute Gasteiger partial charge is 0.482 e. The van der Waals surface area contributed by atoms with Gasteiger partial charge >= 0.3 is 0 Å². The Hall–Kier alpha value is -2.12. The van der Waals surface area contributed by atoms with Crippen LogP contribution in [0, 0.1) is 5.82 Å². The second-order valence-electron chi connectivity index (χ2n) is 7.68. The van der Waals surface area contributed by atoms with Crippen LogP contribution in [-0.2, 0) is 16.1 Å². The summed E-state index contributed by atoms with van der Waals surface area (Å²) in [6, 6.07) is 10.4. The number of carbonyl (C=O) groups excluding carboxylic acids is 2. The average molecular weight is 512 g/mol. The molecule has 5 nitrogen and oxygen atoms in total. The van der Waals surface area contributed by atoms with Gasteiger partial charge in [0, 0.05) is 17.1 Å². The SMILES string of the molecule is C[C@H](C(=O)NC1CCCC1)N(Cc1ccc(F)cc1)C(=O)COc1ccc(Br)cc1Cl. The highest BCUT2D eigenvalue weighted by molar-refractivity contribution is 9.10. The Morgan fingerprint density at radius 2 is 1.90 bits per heavy atom. The summed E-state index contributed by atoms with van der Waals surface area (Å²) in [4.78, 5) is 27.3. The second kappa shape index (κ2) is 11.0. The van der Waals surface area contributed by atoms with Crippen LogP contribution < -0.4 is 10.1 Å². The summed E-state index contributed by atoms with van der Waals surface area (Å²) in [6.07, 6.45) is 4.10. The molecule has 0 saturated heterocycles. The van der Waals surface area contributed by atoms with Gasteiger partial charge in [0.25, 0.3) is 5.91 Å². The van der Waals surface area contributed by atoms with Crippen LogP contribution in [0.15, 0.2) is 46.9 Å². The van der Waals surface area contributed by atoms with Crippen LogP contribution in [0.5, 0.6) is 5.75 Å². The second-order valence-corrected chi connectivity index (χ2v) is 9.00. The van der Waals surface area contributed by atoms with Crippen molar-refractivity contribution in [2.45, 2.75) is 51.2 Å². The Bertz CT molecular complexity index is 920. The van der Waals surface area contributed by atoms with Crippen LogP contribution >= 0.6 is 27.5 Å². The van der Waals surface area contributed by atoms with Crippen molar-refractivity contribution in [3.05, 3.63) is 63.3 Å². The van der Waals surface area contributed by atoms with E-state index in [2.05, 4.69) is 21.2 Å².